The maximum Gasteiger partial charge on any atom is 0.328 e. The van der Waals surface area contributed by atoms with Crippen molar-refractivity contribution in [2.24, 2.45) is 0 Å². The van der Waals surface area contributed by atoms with Crippen molar-refractivity contribution < 1.29 is 24.4 Å². The van der Waals surface area contributed by atoms with Crippen LogP contribution in [0.1, 0.15) is 5.56 Å². The summed E-state index contributed by atoms with van der Waals surface area (Å²) in [6, 6.07) is 2.49. The second kappa shape index (κ2) is 8.86. The molecule has 8 nitrogen and oxygen atoms in total. The number of carbonyl (C=O) groups excluding carboxylic acids is 1. The minimum Gasteiger partial charge on any atom is -0.480 e. The molecular weight excluding hydrogens is 328 g/mol. The second-order valence-corrected chi connectivity index (χ2v) is 4.90. The first kappa shape index (κ1) is 18.6. The second-order valence-electron chi connectivity index (χ2n) is 4.49. The van der Waals surface area contributed by atoms with Crippen LogP contribution >= 0.6 is 11.6 Å². The highest BCUT2D eigenvalue weighted by molar-refractivity contribution is 6.31. The highest BCUT2D eigenvalue weighted by Gasteiger charge is 2.21. The number of nitrogens with one attached hydrogen (secondary N) is 1. The number of nitro benzene ring substituents is 1. The first-order valence-corrected chi connectivity index (χ1v) is 6.86. The average molecular weight is 343 g/mol. The number of nitro groups is 1. The lowest BCUT2D eigenvalue weighted by molar-refractivity contribution is -0.384. The van der Waals surface area contributed by atoms with Crippen LogP contribution < -0.4 is 5.32 Å². The third-order valence-electron chi connectivity index (χ3n) is 2.75. The predicted molar refractivity (Wildman–Crippen MR) is 82.4 cm³/mol. The summed E-state index contributed by atoms with van der Waals surface area (Å²) in [7, 11) is 0. The van der Waals surface area contributed by atoms with Crippen LogP contribution in [0.5, 0.6) is 0 Å². The molecule has 0 aliphatic heterocycles. The van der Waals surface area contributed by atoms with Gasteiger partial charge in [0.25, 0.3) is 5.69 Å². The smallest absolute Gasteiger partial charge is 0.328 e. The van der Waals surface area contributed by atoms with Crippen molar-refractivity contribution in [3.8, 4) is 0 Å². The Bertz CT molecular complexity index is 619. The Kier molecular flexibility index (Phi) is 7.17. The SMILES string of the molecule is C=CCOCC(NC(=O)Cc1ccc([N+](=O)[O-])cc1Cl)C(=O)O. The number of carboxylic acid groups (broad SMARTS) is 1. The zero-order valence-corrected chi connectivity index (χ0v) is 12.8. The molecule has 0 radical (unpaired) electrons. The molecule has 1 amide bonds. The number of carboxylic acids is 1. The Morgan fingerprint density at radius 3 is 2.74 bits per heavy atom. The quantitative estimate of drug-likeness (QED) is 0.304. The molecule has 1 rings (SSSR count). The van der Waals surface area contributed by atoms with E-state index in [9.17, 15) is 19.7 Å². The van der Waals surface area contributed by atoms with Gasteiger partial charge in [0.05, 0.1) is 29.6 Å². The lowest BCUT2D eigenvalue weighted by Gasteiger charge is -2.14. The van der Waals surface area contributed by atoms with Gasteiger partial charge in [-0.2, -0.15) is 0 Å². The van der Waals surface area contributed by atoms with E-state index >= 15 is 0 Å². The third kappa shape index (κ3) is 6.05. The molecule has 2 N–H and O–H groups in total. The highest BCUT2D eigenvalue weighted by atomic mass is 35.5. The van der Waals surface area contributed by atoms with E-state index in [4.69, 9.17) is 21.4 Å². The molecule has 124 valence electrons. The summed E-state index contributed by atoms with van der Waals surface area (Å²) in [6.45, 7) is 3.38. The van der Waals surface area contributed by atoms with E-state index in [1.165, 1.54) is 18.2 Å². The van der Waals surface area contributed by atoms with Gasteiger partial charge in [0, 0.05) is 12.1 Å². The van der Waals surface area contributed by atoms with Crippen LogP contribution in [-0.2, 0) is 20.7 Å². The van der Waals surface area contributed by atoms with Gasteiger partial charge in [-0.15, -0.1) is 6.58 Å². The molecule has 0 bridgehead atoms. The molecule has 1 aromatic carbocycles. The zero-order valence-electron chi connectivity index (χ0n) is 12.0. The molecule has 23 heavy (non-hydrogen) atoms. The Morgan fingerprint density at radius 1 is 1.52 bits per heavy atom. The van der Waals surface area contributed by atoms with Crippen molar-refractivity contribution in [2.75, 3.05) is 13.2 Å². The summed E-state index contributed by atoms with van der Waals surface area (Å²) in [5, 5.41) is 22.0. The molecule has 0 aliphatic carbocycles. The van der Waals surface area contributed by atoms with Gasteiger partial charge in [-0.25, -0.2) is 4.79 Å². The molecule has 0 spiro atoms. The first-order chi connectivity index (χ1) is 10.8. The molecule has 0 fully saturated rings. The van der Waals surface area contributed by atoms with Gasteiger partial charge < -0.3 is 15.2 Å². The highest BCUT2D eigenvalue weighted by Crippen LogP contribution is 2.22. The fraction of sp³-hybridized carbons (Fsp3) is 0.286. The molecule has 0 aliphatic rings. The van der Waals surface area contributed by atoms with Gasteiger partial charge in [-0.05, 0) is 5.56 Å². The van der Waals surface area contributed by atoms with E-state index in [0.717, 1.165) is 6.07 Å². The normalized spacial score (nSPS) is 11.5. The fourth-order valence-electron chi connectivity index (χ4n) is 1.66. The summed E-state index contributed by atoms with van der Waals surface area (Å²) in [4.78, 5) is 32.9. The molecule has 0 heterocycles. The van der Waals surface area contributed by atoms with Crippen LogP contribution in [0.25, 0.3) is 0 Å². The van der Waals surface area contributed by atoms with Crippen molar-refractivity contribution in [2.45, 2.75) is 12.5 Å². The molecule has 0 saturated carbocycles. The monoisotopic (exact) mass is 342 g/mol. The molecular formula is C14H15ClN2O6. The summed E-state index contributed by atoms with van der Waals surface area (Å²) >= 11 is 5.88. The van der Waals surface area contributed by atoms with E-state index < -0.39 is 22.8 Å². The van der Waals surface area contributed by atoms with Crippen molar-refractivity contribution in [3.05, 3.63) is 51.6 Å². The average Bonchev–Trinajstić information content (AvgIpc) is 2.48. The predicted octanol–water partition coefficient (Wildman–Crippen LogP) is 1.56. The summed E-state index contributed by atoms with van der Waals surface area (Å²) in [5.41, 5.74) is 0.159. The lowest BCUT2D eigenvalue weighted by atomic mass is 10.1. The maximum absolute atomic E-state index is 11.9. The number of halogens is 1. The largest absolute Gasteiger partial charge is 0.480 e. The number of carbonyl (C=O) groups is 2. The summed E-state index contributed by atoms with van der Waals surface area (Å²) < 4.78 is 5.01. The number of ether oxygens (including phenoxy) is 1. The topological polar surface area (TPSA) is 119 Å². The molecule has 0 aromatic heterocycles. The van der Waals surface area contributed by atoms with Crippen LogP contribution in [0.2, 0.25) is 5.02 Å². The number of nitrogens with zero attached hydrogens (tertiary/aromatic N) is 1. The number of non-ortho nitro benzene ring substituents is 1. The Hall–Kier alpha value is -2.45. The minimum atomic E-state index is -1.24. The number of hydrogen-bond acceptors (Lipinski definition) is 5. The Labute approximate surface area is 136 Å². The number of hydrogen-bond donors (Lipinski definition) is 2. The molecule has 0 saturated heterocycles. The van der Waals surface area contributed by atoms with Crippen molar-refractivity contribution >= 4 is 29.2 Å². The molecule has 9 heteroatoms. The van der Waals surface area contributed by atoms with Gasteiger partial charge in [-0.1, -0.05) is 23.7 Å². The summed E-state index contributed by atoms with van der Waals surface area (Å²) in [5.74, 6) is -1.83. The van der Waals surface area contributed by atoms with E-state index in [1.807, 2.05) is 0 Å². The fourth-order valence-corrected chi connectivity index (χ4v) is 1.90. The van der Waals surface area contributed by atoms with Crippen LogP contribution in [0, 0.1) is 10.1 Å². The van der Waals surface area contributed by atoms with E-state index in [-0.39, 0.29) is 30.3 Å². The number of aliphatic carboxylic acids is 1. The van der Waals surface area contributed by atoms with Gasteiger partial charge in [0.2, 0.25) is 5.91 Å². The van der Waals surface area contributed by atoms with Crippen molar-refractivity contribution in [1.82, 2.24) is 5.32 Å². The Morgan fingerprint density at radius 2 is 2.22 bits per heavy atom. The van der Waals surface area contributed by atoms with E-state index in [1.54, 1.807) is 0 Å². The standard InChI is InChI=1S/C14H15ClN2O6/c1-2-5-23-8-12(14(19)20)16-13(18)6-9-3-4-10(17(21)22)7-11(9)15/h2-4,7,12H,1,5-6,8H2,(H,16,18)(H,19,20). The third-order valence-corrected chi connectivity index (χ3v) is 3.10. The van der Waals surface area contributed by atoms with Gasteiger partial charge in [0.1, 0.15) is 0 Å². The van der Waals surface area contributed by atoms with Crippen LogP contribution in [-0.4, -0.2) is 41.2 Å². The molecule has 1 atom stereocenters. The number of benzene rings is 1. The molecule has 1 unspecified atom stereocenters. The first-order valence-electron chi connectivity index (χ1n) is 6.48. The maximum atomic E-state index is 11.9. The number of rotatable bonds is 9. The minimum absolute atomic E-state index is 0.0594. The van der Waals surface area contributed by atoms with Crippen LogP contribution in [0.15, 0.2) is 30.9 Å². The Balaban J connectivity index is 2.69. The zero-order chi connectivity index (χ0) is 17.4. The summed E-state index contributed by atoms with van der Waals surface area (Å²) in [6.07, 6.45) is 1.25. The van der Waals surface area contributed by atoms with Gasteiger partial charge >= 0.3 is 5.97 Å². The van der Waals surface area contributed by atoms with E-state index in [2.05, 4.69) is 11.9 Å². The van der Waals surface area contributed by atoms with Crippen molar-refractivity contribution in [3.63, 3.8) is 0 Å². The van der Waals surface area contributed by atoms with Gasteiger partial charge in [0.15, 0.2) is 6.04 Å². The van der Waals surface area contributed by atoms with Crippen LogP contribution in [0.4, 0.5) is 5.69 Å². The van der Waals surface area contributed by atoms with Crippen LogP contribution in [0.3, 0.4) is 0 Å². The lowest BCUT2D eigenvalue weighted by Crippen LogP contribution is -2.44. The molecule has 1 aromatic rings. The van der Waals surface area contributed by atoms with Crippen molar-refractivity contribution in [1.29, 1.82) is 0 Å². The number of amides is 1. The van der Waals surface area contributed by atoms with Gasteiger partial charge in [-0.3, -0.25) is 14.9 Å². The van der Waals surface area contributed by atoms with E-state index in [0.29, 0.717) is 5.56 Å².